The Morgan fingerprint density at radius 2 is 1.44 bits per heavy atom. The lowest BCUT2D eigenvalue weighted by Gasteiger charge is -2.10. The molecule has 2 heteroatoms. The minimum Gasteiger partial charge on any atom is -0.273 e. The Bertz CT molecular complexity index is 192. The number of rotatable bonds is 12. The third kappa shape index (κ3) is 11.9. The van der Waals surface area contributed by atoms with Crippen molar-refractivity contribution in [3.63, 3.8) is 0 Å². The molecule has 2 nitrogen and oxygen atoms in total. The summed E-state index contributed by atoms with van der Waals surface area (Å²) in [4.78, 5) is 11.6. The topological polar surface area (TPSA) is 31.2 Å². The lowest BCUT2D eigenvalue weighted by Crippen LogP contribution is -2.24. The fourth-order valence-electron chi connectivity index (χ4n) is 2.11. The van der Waals surface area contributed by atoms with E-state index < -0.39 is 0 Å². The fraction of sp³-hybridized carbons (Fsp3) is 0.938. The molecule has 0 heterocycles. The third-order valence-corrected chi connectivity index (χ3v) is 3.33. The van der Waals surface area contributed by atoms with E-state index >= 15 is 0 Å². The summed E-state index contributed by atoms with van der Waals surface area (Å²) >= 11 is 0. The Hall–Kier alpha value is -0.530. The molecule has 0 aromatic carbocycles. The summed E-state index contributed by atoms with van der Waals surface area (Å²) in [5.74, 6) is 0.118. The summed E-state index contributed by atoms with van der Waals surface area (Å²) < 4.78 is 0. The predicted octanol–water partition coefficient (Wildman–Crippen LogP) is 4.84. The van der Waals surface area contributed by atoms with Gasteiger partial charge in [-0.3, -0.25) is 4.79 Å². The molecule has 0 aromatic heterocycles. The molecular formula is C16H32NO. The first-order valence-electron chi connectivity index (χ1n) is 7.94. The predicted molar refractivity (Wildman–Crippen MR) is 78.7 cm³/mol. The van der Waals surface area contributed by atoms with Gasteiger partial charge in [-0.2, -0.15) is 0 Å². The van der Waals surface area contributed by atoms with Gasteiger partial charge in [0.1, 0.15) is 0 Å². The summed E-state index contributed by atoms with van der Waals surface area (Å²) in [6.07, 6.45) is 12.9. The minimum absolute atomic E-state index is 0.118. The molecule has 0 aliphatic carbocycles. The maximum absolute atomic E-state index is 11.6. The molecule has 0 fully saturated rings. The molecule has 1 radical (unpaired) electrons. The van der Waals surface area contributed by atoms with E-state index in [1.165, 1.54) is 51.4 Å². The average Bonchev–Trinajstić information content (AvgIpc) is 2.35. The number of amides is 1. The van der Waals surface area contributed by atoms with Crippen LogP contribution in [-0.2, 0) is 4.79 Å². The molecule has 0 aromatic rings. The van der Waals surface area contributed by atoms with Crippen molar-refractivity contribution >= 4 is 5.91 Å². The standard InChI is InChI=1S/C16H32NO/c1-4-6-8-9-10-11-12-14-16(18)17-15(3)13-7-5-2/h15H,4-14H2,1-3H3. The average molecular weight is 254 g/mol. The third-order valence-electron chi connectivity index (χ3n) is 3.33. The van der Waals surface area contributed by atoms with Gasteiger partial charge in [0.25, 0.3) is 0 Å². The first kappa shape index (κ1) is 17.5. The molecule has 1 unspecified atom stereocenters. The summed E-state index contributed by atoms with van der Waals surface area (Å²) in [6.45, 7) is 6.46. The molecule has 0 spiro atoms. The van der Waals surface area contributed by atoms with Crippen LogP contribution in [0.5, 0.6) is 0 Å². The monoisotopic (exact) mass is 254 g/mol. The number of unbranched alkanes of at least 4 members (excludes halogenated alkanes) is 7. The van der Waals surface area contributed by atoms with Gasteiger partial charge in [-0.1, -0.05) is 65.2 Å². The van der Waals surface area contributed by atoms with Crippen molar-refractivity contribution in [2.75, 3.05) is 0 Å². The lowest BCUT2D eigenvalue weighted by molar-refractivity contribution is -0.122. The Morgan fingerprint density at radius 1 is 0.889 bits per heavy atom. The van der Waals surface area contributed by atoms with E-state index in [4.69, 9.17) is 0 Å². The van der Waals surface area contributed by atoms with Crippen LogP contribution in [0.15, 0.2) is 0 Å². The number of hydrogen-bond donors (Lipinski definition) is 0. The van der Waals surface area contributed by atoms with Crippen LogP contribution in [0, 0.1) is 0 Å². The van der Waals surface area contributed by atoms with Crippen molar-refractivity contribution in [1.82, 2.24) is 5.32 Å². The first-order chi connectivity index (χ1) is 8.70. The van der Waals surface area contributed by atoms with Crippen molar-refractivity contribution in [1.29, 1.82) is 0 Å². The molecule has 0 aliphatic heterocycles. The molecule has 1 amide bonds. The number of hydrogen-bond acceptors (Lipinski definition) is 1. The largest absolute Gasteiger partial charge is 0.273 e. The normalized spacial score (nSPS) is 12.4. The van der Waals surface area contributed by atoms with E-state index in [1.54, 1.807) is 0 Å². The molecule has 0 aliphatic rings. The van der Waals surface area contributed by atoms with E-state index in [1.807, 2.05) is 0 Å². The quantitative estimate of drug-likeness (QED) is 0.459. The zero-order valence-corrected chi connectivity index (χ0v) is 12.7. The SMILES string of the molecule is CCCCCCCCCC(=O)[N]C(C)CCCC. The van der Waals surface area contributed by atoms with Crippen LogP contribution in [-0.4, -0.2) is 11.9 Å². The van der Waals surface area contributed by atoms with Gasteiger partial charge in [-0.25, -0.2) is 5.32 Å². The molecular weight excluding hydrogens is 222 g/mol. The van der Waals surface area contributed by atoms with Gasteiger partial charge in [0.2, 0.25) is 5.91 Å². The highest BCUT2D eigenvalue weighted by Gasteiger charge is 2.08. The van der Waals surface area contributed by atoms with E-state index in [0.717, 1.165) is 12.8 Å². The second-order valence-corrected chi connectivity index (χ2v) is 5.39. The highest BCUT2D eigenvalue weighted by Crippen LogP contribution is 2.09. The molecule has 0 bridgehead atoms. The van der Waals surface area contributed by atoms with Crippen molar-refractivity contribution < 1.29 is 4.79 Å². The smallest absolute Gasteiger partial charge is 0.241 e. The highest BCUT2D eigenvalue weighted by atomic mass is 16.1. The molecule has 0 saturated carbocycles. The van der Waals surface area contributed by atoms with Crippen LogP contribution in [0.1, 0.15) is 91.4 Å². The molecule has 107 valence electrons. The first-order valence-corrected chi connectivity index (χ1v) is 7.94. The minimum atomic E-state index is 0.118. The van der Waals surface area contributed by atoms with Crippen molar-refractivity contribution in [3.05, 3.63) is 0 Å². The van der Waals surface area contributed by atoms with E-state index in [0.29, 0.717) is 6.42 Å². The maximum atomic E-state index is 11.6. The van der Waals surface area contributed by atoms with Gasteiger partial charge in [-0.15, -0.1) is 0 Å². The molecule has 0 rings (SSSR count). The summed E-state index contributed by atoms with van der Waals surface area (Å²) in [5, 5.41) is 4.22. The van der Waals surface area contributed by atoms with E-state index in [-0.39, 0.29) is 11.9 Å². The van der Waals surface area contributed by atoms with Crippen LogP contribution in [0.3, 0.4) is 0 Å². The van der Waals surface area contributed by atoms with Gasteiger partial charge in [-0.05, 0) is 19.8 Å². The van der Waals surface area contributed by atoms with Crippen molar-refractivity contribution in [2.45, 2.75) is 97.4 Å². The summed E-state index contributed by atoms with van der Waals surface area (Å²) in [7, 11) is 0. The van der Waals surface area contributed by atoms with Gasteiger partial charge in [0, 0.05) is 6.42 Å². The molecule has 18 heavy (non-hydrogen) atoms. The van der Waals surface area contributed by atoms with Gasteiger partial charge in [0.05, 0.1) is 6.04 Å². The van der Waals surface area contributed by atoms with E-state index in [2.05, 4.69) is 26.1 Å². The van der Waals surface area contributed by atoms with E-state index in [9.17, 15) is 4.79 Å². The highest BCUT2D eigenvalue weighted by molar-refractivity contribution is 5.75. The van der Waals surface area contributed by atoms with Crippen LogP contribution < -0.4 is 5.32 Å². The Balaban J connectivity index is 3.31. The number of carbonyl (C=O) groups is 1. The van der Waals surface area contributed by atoms with Gasteiger partial charge >= 0.3 is 0 Å². The Labute approximate surface area is 114 Å². The van der Waals surface area contributed by atoms with Crippen LogP contribution in [0.25, 0.3) is 0 Å². The van der Waals surface area contributed by atoms with Crippen molar-refractivity contribution in [3.8, 4) is 0 Å². The fourth-order valence-corrected chi connectivity index (χ4v) is 2.11. The zero-order valence-electron chi connectivity index (χ0n) is 12.7. The summed E-state index contributed by atoms with van der Waals surface area (Å²) in [6, 6.07) is 0.224. The summed E-state index contributed by atoms with van der Waals surface area (Å²) in [5.41, 5.74) is 0. The zero-order chi connectivity index (χ0) is 13.6. The molecule has 0 N–H and O–H groups in total. The lowest BCUT2D eigenvalue weighted by atomic mass is 10.1. The van der Waals surface area contributed by atoms with Gasteiger partial charge in [0.15, 0.2) is 0 Å². The second kappa shape index (κ2) is 12.9. The number of nitrogens with zero attached hydrogens (tertiary/aromatic N) is 1. The molecule has 1 atom stereocenters. The number of carbonyl (C=O) groups excluding carboxylic acids is 1. The maximum Gasteiger partial charge on any atom is 0.241 e. The van der Waals surface area contributed by atoms with Crippen LogP contribution in [0.4, 0.5) is 0 Å². The van der Waals surface area contributed by atoms with Gasteiger partial charge < -0.3 is 0 Å². The Morgan fingerprint density at radius 3 is 2.06 bits per heavy atom. The Kier molecular flexibility index (Phi) is 12.5. The van der Waals surface area contributed by atoms with Crippen LogP contribution in [0.2, 0.25) is 0 Å². The molecule has 0 saturated heterocycles. The van der Waals surface area contributed by atoms with Crippen molar-refractivity contribution in [2.24, 2.45) is 0 Å². The van der Waals surface area contributed by atoms with Crippen LogP contribution >= 0.6 is 0 Å². The second-order valence-electron chi connectivity index (χ2n) is 5.39.